The summed E-state index contributed by atoms with van der Waals surface area (Å²) >= 11 is 0. The number of hydrogen-bond donors (Lipinski definition) is 1. The second kappa shape index (κ2) is 6.41. The van der Waals surface area contributed by atoms with E-state index in [2.05, 4.69) is 20.1 Å². The Hall–Kier alpha value is -3.95. The number of aromatic nitrogens is 5. The first-order chi connectivity index (χ1) is 13.0. The molecule has 0 aliphatic rings. The zero-order chi connectivity index (χ0) is 19.0. The fourth-order valence-electron chi connectivity index (χ4n) is 2.68. The third-order valence-corrected chi connectivity index (χ3v) is 3.94. The molecule has 27 heavy (non-hydrogen) atoms. The quantitative estimate of drug-likeness (QED) is 0.435. The van der Waals surface area contributed by atoms with Crippen molar-refractivity contribution in [1.29, 1.82) is 0 Å². The van der Waals surface area contributed by atoms with Gasteiger partial charge in [0.05, 0.1) is 16.9 Å². The average molecular weight is 366 g/mol. The molecule has 1 N–H and O–H groups in total. The molecule has 0 aliphatic carbocycles. The fraction of sp³-hybridized carbons (Fsp3) is 0.0588. The molecule has 0 unspecified atom stereocenters. The first-order valence-corrected chi connectivity index (χ1v) is 7.80. The monoisotopic (exact) mass is 366 g/mol. The maximum atomic E-state index is 14.0. The molecule has 9 nitrogen and oxygen atoms in total. The zero-order valence-corrected chi connectivity index (χ0v) is 13.7. The molecular formula is C17H11FN6O3. The molecule has 4 rings (SSSR count). The largest absolute Gasteiger partial charge is 0.488 e. The lowest BCUT2D eigenvalue weighted by Crippen LogP contribution is -2.04. The Morgan fingerprint density at radius 3 is 2.74 bits per heavy atom. The van der Waals surface area contributed by atoms with Crippen LogP contribution in [0.15, 0.2) is 48.8 Å². The molecule has 0 spiro atoms. The number of benzene rings is 1. The molecule has 134 valence electrons. The second-order valence-electron chi connectivity index (χ2n) is 5.63. The van der Waals surface area contributed by atoms with Crippen LogP contribution in [0.25, 0.3) is 22.6 Å². The van der Waals surface area contributed by atoms with Gasteiger partial charge in [-0.15, -0.1) is 0 Å². The number of aromatic hydroxyl groups is 1. The standard InChI is InChI=1S/C17H11FN6O3/c18-12-6-2-1-4-10(12)9-23-16-11(5-3-7-19-16)14(22-23)15-20-8-13(24(26)27)17(25)21-15/h1-8H,9H2,(H,20,21,25). The van der Waals surface area contributed by atoms with E-state index in [9.17, 15) is 19.6 Å². The van der Waals surface area contributed by atoms with Crippen LogP contribution in [-0.4, -0.2) is 34.8 Å². The molecule has 0 atom stereocenters. The molecule has 0 saturated heterocycles. The van der Waals surface area contributed by atoms with Crippen LogP contribution in [0.1, 0.15) is 5.56 Å². The van der Waals surface area contributed by atoms with Crippen LogP contribution in [0, 0.1) is 15.9 Å². The number of rotatable bonds is 4. The highest BCUT2D eigenvalue weighted by molar-refractivity contribution is 5.89. The van der Waals surface area contributed by atoms with E-state index in [1.807, 2.05) is 0 Å². The molecule has 10 heteroatoms. The van der Waals surface area contributed by atoms with Gasteiger partial charge in [0.2, 0.25) is 0 Å². The van der Waals surface area contributed by atoms with Gasteiger partial charge in [-0.05, 0) is 18.2 Å². The normalized spacial score (nSPS) is 11.0. The van der Waals surface area contributed by atoms with Crippen LogP contribution in [0.2, 0.25) is 0 Å². The lowest BCUT2D eigenvalue weighted by molar-refractivity contribution is -0.386. The van der Waals surface area contributed by atoms with Crippen molar-refractivity contribution < 1.29 is 14.4 Å². The Bertz CT molecular complexity index is 1180. The van der Waals surface area contributed by atoms with Crippen LogP contribution >= 0.6 is 0 Å². The molecule has 3 heterocycles. The van der Waals surface area contributed by atoms with Crippen molar-refractivity contribution in [3.63, 3.8) is 0 Å². The van der Waals surface area contributed by atoms with Crippen molar-refractivity contribution >= 4 is 16.7 Å². The van der Waals surface area contributed by atoms with Gasteiger partial charge in [-0.1, -0.05) is 18.2 Å². The second-order valence-corrected chi connectivity index (χ2v) is 5.63. The summed E-state index contributed by atoms with van der Waals surface area (Å²) in [4.78, 5) is 22.0. The maximum absolute atomic E-state index is 14.0. The molecule has 0 aliphatic heterocycles. The summed E-state index contributed by atoms with van der Waals surface area (Å²) in [7, 11) is 0. The topological polar surface area (TPSA) is 120 Å². The van der Waals surface area contributed by atoms with Gasteiger partial charge in [0, 0.05) is 11.8 Å². The van der Waals surface area contributed by atoms with E-state index >= 15 is 0 Å². The van der Waals surface area contributed by atoms with E-state index in [1.54, 1.807) is 36.5 Å². The van der Waals surface area contributed by atoms with Gasteiger partial charge in [0.15, 0.2) is 11.5 Å². The molecule has 0 saturated carbocycles. The molecule has 3 aromatic heterocycles. The van der Waals surface area contributed by atoms with Gasteiger partial charge in [-0.3, -0.25) is 10.1 Å². The summed E-state index contributed by atoms with van der Waals surface area (Å²) in [5.41, 5.74) is 0.565. The molecule has 0 radical (unpaired) electrons. The minimum Gasteiger partial charge on any atom is -0.488 e. The Balaban J connectivity index is 1.84. The highest BCUT2D eigenvalue weighted by atomic mass is 19.1. The minimum absolute atomic E-state index is 0.00313. The van der Waals surface area contributed by atoms with Gasteiger partial charge in [0.1, 0.15) is 17.7 Å². The minimum atomic E-state index is -0.782. The summed E-state index contributed by atoms with van der Waals surface area (Å²) < 4.78 is 15.5. The van der Waals surface area contributed by atoms with E-state index in [0.717, 1.165) is 6.20 Å². The van der Waals surface area contributed by atoms with Crippen LogP contribution < -0.4 is 0 Å². The van der Waals surface area contributed by atoms with Gasteiger partial charge in [0.25, 0.3) is 5.88 Å². The smallest absolute Gasteiger partial charge is 0.348 e. The van der Waals surface area contributed by atoms with Crippen molar-refractivity contribution in [2.75, 3.05) is 0 Å². The predicted molar refractivity (Wildman–Crippen MR) is 92.4 cm³/mol. The Morgan fingerprint density at radius 1 is 1.19 bits per heavy atom. The van der Waals surface area contributed by atoms with Crippen molar-refractivity contribution in [1.82, 2.24) is 24.7 Å². The first-order valence-electron chi connectivity index (χ1n) is 7.80. The Kier molecular flexibility index (Phi) is 3.92. The fourth-order valence-corrected chi connectivity index (χ4v) is 2.68. The highest BCUT2D eigenvalue weighted by Gasteiger charge is 2.21. The van der Waals surface area contributed by atoms with Gasteiger partial charge in [-0.2, -0.15) is 10.1 Å². The number of hydrogen-bond acceptors (Lipinski definition) is 7. The van der Waals surface area contributed by atoms with E-state index in [1.165, 1.54) is 10.7 Å². The molecule has 4 aromatic rings. The maximum Gasteiger partial charge on any atom is 0.348 e. The number of fused-ring (bicyclic) bond motifs is 1. The van der Waals surface area contributed by atoms with Crippen LogP contribution in [0.5, 0.6) is 5.88 Å². The van der Waals surface area contributed by atoms with Crippen molar-refractivity contribution in [2.24, 2.45) is 0 Å². The van der Waals surface area contributed by atoms with Gasteiger partial charge < -0.3 is 5.11 Å². The Labute approximate surface area is 150 Å². The molecule has 1 aromatic carbocycles. The predicted octanol–water partition coefficient (Wildman–Crippen LogP) is 2.69. The van der Waals surface area contributed by atoms with Gasteiger partial charge >= 0.3 is 5.69 Å². The van der Waals surface area contributed by atoms with Crippen molar-refractivity contribution in [3.8, 4) is 17.4 Å². The van der Waals surface area contributed by atoms with Crippen LogP contribution in [0.4, 0.5) is 10.1 Å². The summed E-state index contributed by atoms with van der Waals surface area (Å²) in [5.74, 6) is -1.13. The number of halogens is 1. The van der Waals surface area contributed by atoms with Crippen molar-refractivity contribution in [3.05, 3.63) is 70.3 Å². The summed E-state index contributed by atoms with van der Waals surface area (Å²) in [6.07, 6.45) is 2.48. The highest BCUT2D eigenvalue weighted by Crippen LogP contribution is 2.29. The zero-order valence-electron chi connectivity index (χ0n) is 13.7. The summed E-state index contributed by atoms with van der Waals surface area (Å²) in [6, 6.07) is 9.72. The summed E-state index contributed by atoms with van der Waals surface area (Å²) in [5, 5.41) is 25.6. The molecule has 0 amide bonds. The number of pyridine rings is 1. The molecule has 0 fully saturated rings. The number of nitro groups is 1. The van der Waals surface area contributed by atoms with E-state index in [-0.39, 0.29) is 23.9 Å². The molecular weight excluding hydrogens is 355 g/mol. The SMILES string of the molecule is O=[N+]([O-])c1cnc(-c2nn(Cc3ccccc3F)c3ncccc23)nc1O. The third-order valence-electron chi connectivity index (χ3n) is 3.94. The average Bonchev–Trinajstić information content (AvgIpc) is 3.02. The molecule has 0 bridgehead atoms. The van der Waals surface area contributed by atoms with Crippen LogP contribution in [-0.2, 0) is 6.54 Å². The first kappa shape index (κ1) is 16.5. The van der Waals surface area contributed by atoms with E-state index < -0.39 is 16.5 Å². The van der Waals surface area contributed by atoms with Crippen molar-refractivity contribution in [2.45, 2.75) is 6.54 Å². The lowest BCUT2D eigenvalue weighted by Gasteiger charge is -2.04. The lowest BCUT2D eigenvalue weighted by atomic mass is 10.2. The van der Waals surface area contributed by atoms with Gasteiger partial charge in [-0.25, -0.2) is 19.0 Å². The van der Waals surface area contributed by atoms with Crippen LogP contribution in [0.3, 0.4) is 0 Å². The van der Waals surface area contributed by atoms with E-state index in [4.69, 9.17) is 0 Å². The van der Waals surface area contributed by atoms with E-state index in [0.29, 0.717) is 16.6 Å². The number of nitrogens with zero attached hydrogens (tertiary/aromatic N) is 6. The Morgan fingerprint density at radius 2 is 2.00 bits per heavy atom. The summed E-state index contributed by atoms with van der Waals surface area (Å²) in [6.45, 7) is 0.124. The third kappa shape index (κ3) is 2.92.